The maximum atomic E-state index is 12.4. The van der Waals surface area contributed by atoms with Gasteiger partial charge in [0, 0.05) is 25.1 Å². The van der Waals surface area contributed by atoms with Gasteiger partial charge < -0.3 is 9.42 Å². The summed E-state index contributed by atoms with van der Waals surface area (Å²) in [6, 6.07) is 6.41. The molecule has 1 saturated heterocycles. The van der Waals surface area contributed by atoms with Crippen molar-refractivity contribution in [2.75, 3.05) is 11.4 Å². The highest BCUT2D eigenvalue weighted by Crippen LogP contribution is 2.33. The van der Waals surface area contributed by atoms with E-state index < -0.39 is 0 Å². The van der Waals surface area contributed by atoms with Crippen LogP contribution in [0.15, 0.2) is 22.7 Å². The predicted octanol–water partition coefficient (Wildman–Crippen LogP) is 2.64. The molecule has 1 aliphatic carbocycles. The first kappa shape index (κ1) is 13.5. The molecular weight excluding hydrogens is 278 g/mol. The van der Waals surface area contributed by atoms with Crippen LogP contribution < -0.4 is 4.90 Å². The van der Waals surface area contributed by atoms with Gasteiger partial charge in [0.2, 0.25) is 11.8 Å². The highest BCUT2D eigenvalue weighted by atomic mass is 16.5. The van der Waals surface area contributed by atoms with Crippen LogP contribution in [0.4, 0.5) is 5.69 Å². The van der Waals surface area contributed by atoms with Crippen LogP contribution in [-0.2, 0) is 24.1 Å². The fraction of sp³-hybridized carbons (Fsp3) is 0.471. The molecule has 0 saturated carbocycles. The Balaban J connectivity index is 1.57. The molecule has 1 aromatic heterocycles. The predicted molar refractivity (Wildman–Crippen MR) is 81.9 cm³/mol. The lowest BCUT2D eigenvalue weighted by Gasteiger charge is -2.17. The van der Waals surface area contributed by atoms with Crippen LogP contribution in [0.1, 0.15) is 48.5 Å². The second-order valence-corrected chi connectivity index (χ2v) is 6.11. The zero-order chi connectivity index (χ0) is 15.1. The normalized spacial score (nSPS) is 20.7. The Labute approximate surface area is 129 Å². The van der Waals surface area contributed by atoms with Crippen molar-refractivity contribution in [3.05, 3.63) is 41.0 Å². The SMILES string of the molecule is CCc1noc(C2CC(=O)N(c3ccc4c(c3)CCC4)C2)n1. The molecular formula is C17H19N3O2. The number of rotatable bonds is 3. The number of anilines is 1. The zero-order valence-electron chi connectivity index (χ0n) is 12.7. The van der Waals surface area contributed by atoms with E-state index in [4.69, 9.17) is 4.52 Å². The minimum atomic E-state index is 0.00792. The van der Waals surface area contributed by atoms with Crippen LogP contribution >= 0.6 is 0 Å². The Morgan fingerprint density at radius 3 is 3.00 bits per heavy atom. The average Bonchev–Trinajstić information content (AvgIpc) is 3.25. The number of aromatic nitrogens is 2. The third kappa shape index (κ3) is 2.21. The molecule has 1 aromatic carbocycles. The van der Waals surface area contributed by atoms with E-state index in [0.29, 0.717) is 24.7 Å². The number of hydrogen-bond donors (Lipinski definition) is 0. The maximum Gasteiger partial charge on any atom is 0.232 e. The summed E-state index contributed by atoms with van der Waals surface area (Å²) >= 11 is 0. The fourth-order valence-electron chi connectivity index (χ4n) is 3.43. The quantitative estimate of drug-likeness (QED) is 0.874. The summed E-state index contributed by atoms with van der Waals surface area (Å²) in [5, 5.41) is 3.93. The largest absolute Gasteiger partial charge is 0.339 e. The molecule has 114 valence electrons. The Hall–Kier alpha value is -2.17. The lowest BCUT2D eigenvalue weighted by Crippen LogP contribution is -2.24. The number of carbonyl (C=O) groups is 1. The van der Waals surface area contributed by atoms with Crippen molar-refractivity contribution in [2.45, 2.75) is 44.9 Å². The third-order valence-corrected chi connectivity index (χ3v) is 4.67. The van der Waals surface area contributed by atoms with Gasteiger partial charge in [-0.1, -0.05) is 18.1 Å². The summed E-state index contributed by atoms with van der Waals surface area (Å²) in [5.41, 5.74) is 3.82. The summed E-state index contributed by atoms with van der Waals surface area (Å²) in [7, 11) is 0. The van der Waals surface area contributed by atoms with Crippen molar-refractivity contribution in [1.29, 1.82) is 0 Å². The highest BCUT2D eigenvalue weighted by molar-refractivity contribution is 5.96. The van der Waals surface area contributed by atoms with Crippen molar-refractivity contribution >= 4 is 11.6 Å². The van der Waals surface area contributed by atoms with Gasteiger partial charge in [0.15, 0.2) is 5.82 Å². The molecule has 1 unspecified atom stereocenters. The number of carbonyl (C=O) groups excluding carboxylic acids is 1. The fourth-order valence-corrected chi connectivity index (χ4v) is 3.43. The van der Waals surface area contributed by atoms with Gasteiger partial charge >= 0.3 is 0 Å². The van der Waals surface area contributed by atoms with Gasteiger partial charge in [0.05, 0.1) is 5.92 Å². The van der Waals surface area contributed by atoms with E-state index in [-0.39, 0.29) is 11.8 Å². The van der Waals surface area contributed by atoms with Crippen molar-refractivity contribution in [2.24, 2.45) is 0 Å². The Morgan fingerprint density at radius 1 is 1.32 bits per heavy atom. The molecule has 0 N–H and O–H groups in total. The van der Waals surface area contributed by atoms with Gasteiger partial charge in [-0.05, 0) is 42.5 Å². The summed E-state index contributed by atoms with van der Waals surface area (Å²) in [6.07, 6.45) is 4.70. The summed E-state index contributed by atoms with van der Waals surface area (Å²) in [5.74, 6) is 1.44. The highest BCUT2D eigenvalue weighted by Gasteiger charge is 2.35. The van der Waals surface area contributed by atoms with Crippen LogP contribution in [-0.4, -0.2) is 22.6 Å². The van der Waals surface area contributed by atoms with Crippen molar-refractivity contribution in [3.8, 4) is 0 Å². The molecule has 1 aliphatic heterocycles. The van der Waals surface area contributed by atoms with Crippen molar-refractivity contribution in [3.63, 3.8) is 0 Å². The Bertz CT molecular complexity index is 722. The van der Waals surface area contributed by atoms with E-state index in [9.17, 15) is 4.79 Å². The standard InChI is InChI=1S/C17H19N3O2/c1-2-15-18-17(22-19-15)13-9-16(21)20(10-13)14-7-6-11-4-3-5-12(11)8-14/h6-8,13H,2-5,9-10H2,1H3. The monoisotopic (exact) mass is 297 g/mol. The molecule has 0 radical (unpaired) electrons. The van der Waals surface area contributed by atoms with Crippen LogP contribution in [0.25, 0.3) is 0 Å². The summed E-state index contributed by atoms with van der Waals surface area (Å²) < 4.78 is 5.31. The first-order valence-electron chi connectivity index (χ1n) is 7.99. The molecule has 1 amide bonds. The Kier molecular flexibility index (Phi) is 3.21. The van der Waals surface area contributed by atoms with Crippen LogP contribution in [0.2, 0.25) is 0 Å². The van der Waals surface area contributed by atoms with Crippen LogP contribution in [0.3, 0.4) is 0 Å². The van der Waals surface area contributed by atoms with Crippen molar-refractivity contribution < 1.29 is 9.32 Å². The van der Waals surface area contributed by atoms with Gasteiger partial charge in [-0.15, -0.1) is 0 Å². The maximum absolute atomic E-state index is 12.4. The molecule has 5 heteroatoms. The molecule has 1 fully saturated rings. The van der Waals surface area contributed by atoms with Gasteiger partial charge in [-0.2, -0.15) is 4.98 Å². The Morgan fingerprint density at radius 2 is 2.18 bits per heavy atom. The topological polar surface area (TPSA) is 59.2 Å². The lowest BCUT2D eigenvalue weighted by molar-refractivity contribution is -0.117. The first-order chi connectivity index (χ1) is 10.7. The number of aryl methyl sites for hydroxylation is 3. The lowest BCUT2D eigenvalue weighted by atomic mass is 10.1. The number of fused-ring (bicyclic) bond motifs is 1. The minimum absolute atomic E-state index is 0.00792. The third-order valence-electron chi connectivity index (χ3n) is 4.67. The second kappa shape index (κ2) is 5.23. The van der Waals surface area contributed by atoms with E-state index in [2.05, 4.69) is 28.3 Å². The number of nitrogens with zero attached hydrogens (tertiary/aromatic N) is 3. The molecule has 22 heavy (non-hydrogen) atoms. The molecule has 2 aliphatic rings. The first-order valence-corrected chi connectivity index (χ1v) is 7.99. The van der Waals surface area contributed by atoms with E-state index >= 15 is 0 Å². The molecule has 0 spiro atoms. The molecule has 2 aromatic rings. The van der Waals surface area contributed by atoms with Crippen LogP contribution in [0.5, 0.6) is 0 Å². The van der Waals surface area contributed by atoms with Gasteiger partial charge in [0.25, 0.3) is 0 Å². The van der Waals surface area contributed by atoms with Gasteiger partial charge in [0.1, 0.15) is 0 Å². The molecule has 2 heterocycles. The van der Waals surface area contributed by atoms with Crippen LogP contribution in [0, 0.1) is 0 Å². The van der Waals surface area contributed by atoms with E-state index in [0.717, 1.165) is 24.9 Å². The zero-order valence-corrected chi connectivity index (χ0v) is 12.7. The minimum Gasteiger partial charge on any atom is -0.339 e. The molecule has 5 nitrogen and oxygen atoms in total. The summed E-state index contributed by atoms with van der Waals surface area (Å²) in [6.45, 7) is 2.62. The average molecular weight is 297 g/mol. The van der Waals surface area contributed by atoms with E-state index in [1.807, 2.05) is 11.8 Å². The van der Waals surface area contributed by atoms with E-state index in [1.165, 1.54) is 17.5 Å². The number of amides is 1. The smallest absolute Gasteiger partial charge is 0.232 e. The molecule has 4 rings (SSSR count). The number of hydrogen-bond acceptors (Lipinski definition) is 4. The van der Waals surface area contributed by atoms with Gasteiger partial charge in [-0.25, -0.2) is 0 Å². The van der Waals surface area contributed by atoms with Crippen molar-refractivity contribution in [1.82, 2.24) is 10.1 Å². The second-order valence-electron chi connectivity index (χ2n) is 6.11. The van der Waals surface area contributed by atoms with Gasteiger partial charge in [-0.3, -0.25) is 4.79 Å². The van der Waals surface area contributed by atoms with E-state index in [1.54, 1.807) is 0 Å². The molecule has 0 bridgehead atoms. The summed E-state index contributed by atoms with van der Waals surface area (Å²) in [4.78, 5) is 18.6. The number of benzene rings is 1. The molecule has 1 atom stereocenters.